The summed E-state index contributed by atoms with van der Waals surface area (Å²) in [4.78, 5) is 4.47. The standard InChI is InChI=1S/C25H19N3O2/c29-17-18-6-4-8-20(14-18)24-16-26-25-13-12-23(27-28(24)25)19-7-5-11-22(15-19)30-21-9-2-1-3-10-21/h1-16,29H,17H2. The molecule has 5 nitrogen and oxygen atoms in total. The van der Waals surface area contributed by atoms with Crippen LogP contribution in [-0.2, 0) is 6.61 Å². The Bertz CT molecular complexity index is 1310. The molecule has 3 aromatic carbocycles. The molecule has 5 aromatic rings. The Balaban J connectivity index is 1.53. The molecule has 0 fully saturated rings. The first-order valence-electron chi connectivity index (χ1n) is 9.68. The topological polar surface area (TPSA) is 59.7 Å². The van der Waals surface area contributed by atoms with E-state index in [1.54, 1.807) is 6.20 Å². The molecule has 0 spiro atoms. The van der Waals surface area contributed by atoms with Crippen LogP contribution < -0.4 is 4.74 Å². The highest BCUT2D eigenvalue weighted by molar-refractivity contribution is 5.67. The molecule has 0 aliphatic carbocycles. The summed E-state index contributed by atoms with van der Waals surface area (Å²) in [6, 6.07) is 29.2. The van der Waals surface area contributed by atoms with E-state index >= 15 is 0 Å². The average Bonchev–Trinajstić information content (AvgIpc) is 3.23. The van der Waals surface area contributed by atoms with Crippen molar-refractivity contribution in [2.24, 2.45) is 0 Å². The lowest BCUT2D eigenvalue weighted by Gasteiger charge is -2.08. The largest absolute Gasteiger partial charge is 0.457 e. The van der Waals surface area contributed by atoms with Gasteiger partial charge in [-0.15, -0.1) is 0 Å². The number of aromatic nitrogens is 3. The Hall–Kier alpha value is -3.96. The van der Waals surface area contributed by atoms with E-state index in [1.165, 1.54) is 0 Å². The van der Waals surface area contributed by atoms with Crippen LogP contribution in [0.25, 0.3) is 28.2 Å². The molecule has 2 heterocycles. The van der Waals surface area contributed by atoms with Gasteiger partial charge in [0.1, 0.15) is 11.5 Å². The Labute approximate surface area is 173 Å². The molecule has 0 radical (unpaired) electrons. The minimum atomic E-state index is -0.00252. The van der Waals surface area contributed by atoms with Crippen LogP contribution in [0.4, 0.5) is 0 Å². The number of rotatable bonds is 5. The number of benzene rings is 3. The Morgan fingerprint density at radius 3 is 2.43 bits per heavy atom. The first kappa shape index (κ1) is 18.1. The predicted molar refractivity (Wildman–Crippen MR) is 116 cm³/mol. The molecule has 2 aromatic heterocycles. The van der Waals surface area contributed by atoms with Crippen molar-refractivity contribution in [2.75, 3.05) is 0 Å². The van der Waals surface area contributed by atoms with Crippen LogP contribution in [0, 0.1) is 0 Å². The van der Waals surface area contributed by atoms with Gasteiger partial charge in [0.05, 0.1) is 24.2 Å². The molecule has 5 rings (SSSR count). The number of nitrogens with zero attached hydrogens (tertiary/aromatic N) is 3. The molecule has 0 unspecified atom stereocenters. The van der Waals surface area contributed by atoms with Crippen molar-refractivity contribution in [1.82, 2.24) is 14.6 Å². The number of aliphatic hydroxyl groups excluding tert-OH is 1. The van der Waals surface area contributed by atoms with Crippen molar-refractivity contribution in [1.29, 1.82) is 0 Å². The summed E-state index contributed by atoms with van der Waals surface area (Å²) in [6.45, 7) is -0.00252. The van der Waals surface area contributed by atoms with Crippen LogP contribution in [0.1, 0.15) is 5.56 Å². The quantitative estimate of drug-likeness (QED) is 0.437. The van der Waals surface area contributed by atoms with Gasteiger partial charge in [0.15, 0.2) is 5.65 Å². The normalized spacial score (nSPS) is 11.0. The predicted octanol–water partition coefficient (Wildman–Crippen LogP) is 5.35. The third-order valence-electron chi connectivity index (χ3n) is 4.88. The van der Waals surface area contributed by atoms with Crippen molar-refractivity contribution in [2.45, 2.75) is 6.61 Å². The molecule has 1 N–H and O–H groups in total. The lowest BCUT2D eigenvalue weighted by Crippen LogP contribution is -1.97. The van der Waals surface area contributed by atoms with Crippen LogP contribution in [0.15, 0.2) is 97.2 Å². The van der Waals surface area contributed by atoms with Gasteiger partial charge < -0.3 is 9.84 Å². The van der Waals surface area contributed by atoms with Gasteiger partial charge >= 0.3 is 0 Å². The van der Waals surface area contributed by atoms with Gasteiger partial charge in [-0.3, -0.25) is 0 Å². The van der Waals surface area contributed by atoms with Crippen molar-refractivity contribution in [3.05, 3.63) is 103 Å². The highest BCUT2D eigenvalue weighted by Crippen LogP contribution is 2.28. The zero-order valence-corrected chi connectivity index (χ0v) is 16.1. The number of ether oxygens (including phenoxy) is 1. The minimum absolute atomic E-state index is 0.00252. The van der Waals surface area contributed by atoms with Crippen molar-refractivity contribution >= 4 is 5.65 Å². The molecular formula is C25H19N3O2. The second kappa shape index (κ2) is 7.81. The number of para-hydroxylation sites is 1. The second-order valence-corrected chi connectivity index (χ2v) is 6.93. The Morgan fingerprint density at radius 2 is 1.57 bits per heavy atom. The summed E-state index contributed by atoms with van der Waals surface area (Å²) in [7, 11) is 0. The summed E-state index contributed by atoms with van der Waals surface area (Å²) in [5.41, 5.74) is 5.22. The van der Waals surface area contributed by atoms with Gasteiger partial charge in [-0.25, -0.2) is 9.50 Å². The lowest BCUT2D eigenvalue weighted by molar-refractivity contribution is 0.282. The fourth-order valence-electron chi connectivity index (χ4n) is 3.40. The SMILES string of the molecule is OCc1cccc(-c2cnc3ccc(-c4cccc(Oc5ccccc5)c4)nn23)c1. The summed E-state index contributed by atoms with van der Waals surface area (Å²) in [5, 5.41) is 14.3. The molecule has 0 saturated heterocycles. The van der Waals surface area contributed by atoms with Crippen LogP contribution in [-0.4, -0.2) is 19.7 Å². The van der Waals surface area contributed by atoms with Crippen LogP contribution in [0.2, 0.25) is 0 Å². The van der Waals surface area contributed by atoms with Gasteiger partial charge in [0.25, 0.3) is 0 Å². The van der Waals surface area contributed by atoms with E-state index in [4.69, 9.17) is 9.84 Å². The summed E-state index contributed by atoms with van der Waals surface area (Å²) in [5.74, 6) is 1.54. The van der Waals surface area contributed by atoms with E-state index in [9.17, 15) is 5.11 Å². The molecule has 0 amide bonds. The Kier molecular flexibility index (Phi) is 4.71. The first-order chi connectivity index (χ1) is 14.8. The third kappa shape index (κ3) is 3.54. The molecule has 0 saturated carbocycles. The molecule has 146 valence electrons. The number of imidazole rings is 1. The van der Waals surface area contributed by atoms with Crippen LogP contribution in [0.5, 0.6) is 11.5 Å². The van der Waals surface area contributed by atoms with Gasteiger partial charge in [-0.1, -0.05) is 48.5 Å². The molecule has 0 aliphatic heterocycles. The zero-order valence-electron chi connectivity index (χ0n) is 16.1. The fourth-order valence-corrected chi connectivity index (χ4v) is 3.40. The van der Waals surface area contributed by atoms with E-state index in [1.807, 2.05) is 95.5 Å². The second-order valence-electron chi connectivity index (χ2n) is 6.93. The molecule has 0 aliphatic rings. The summed E-state index contributed by atoms with van der Waals surface area (Å²) in [6.07, 6.45) is 1.80. The molecule has 5 heteroatoms. The van der Waals surface area contributed by atoms with Gasteiger partial charge in [0, 0.05) is 11.1 Å². The number of aliphatic hydroxyl groups is 1. The van der Waals surface area contributed by atoms with E-state index in [-0.39, 0.29) is 6.61 Å². The molecular weight excluding hydrogens is 374 g/mol. The highest BCUT2D eigenvalue weighted by Gasteiger charge is 2.10. The molecule has 30 heavy (non-hydrogen) atoms. The third-order valence-corrected chi connectivity index (χ3v) is 4.88. The van der Waals surface area contributed by atoms with Crippen LogP contribution >= 0.6 is 0 Å². The lowest BCUT2D eigenvalue weighted by atomic mass is 10.1. The van der Waals surface area contributed by atoms with Gasteiger partial charge in [-0.05, 0) is 48.0 Å². The maximum atomic E-state index is 9.45. The fraction of sp³-hybridized carbons (Fsp3) is 0.0400. The number of hydrogen-bond donors (Lipinski definition) is 1. The van der Waals surface area contributed by atoms with E-state index in [0.29, 0.717) is 0 Å². The van der Waals surface area contributed by atoms with Gasteiger partial charge in [-0.2, -0.15) is 5.10 Å². The number of fused-ring (bicyclic) bond motifs is 1. The van der Waals surface area contributed by atoms with Crippen LogP contribution in [0.3, 0.4) is 0 Å². The Morgan fingerprint density at radius 1 is 0.767 bits per heavy atom. The summed E-state index contributed by atoms with van der Waals surface area (Å²) >= 11 is 0. The average molecular weight is 393 g/mol. The van der Waals surface area contributed by atoms with Crippen molar-refractivity contribution < 1.29 is 9.84 Å². The monoisotopic (exact) mass is 393 g/mol. The van der Waals surface area contributed by atoms with Crippen molar-refractivity contribution in [3.8, 4) is 34.0 Å². The molecule has 0 bridgehead atoms. The molecule has 0 atom stereocenters. The summed E-state index contributed by atoms with van der Waals surface area (Å²) < 4.78 is 7.79. The smallest absolute Gasteiger partial charge is 0.154 e. The highest BCUT2D eigenvalue weighted by atomic mass is 16.5. The first-order valence-corrected chi connectivity index (χ1v) is 9.68. The maximum absolute atomic E-state index is 9.45. The minimum Gasteiger partial charge on any atom is -0.457 e. The van der Waals surface area contributed by atoms with Gasteiger partial charge in [0.2, 0.25) is 0 Å². The maximum Gasteiger partial charge on any atom is 0.154 e. The van der Waals surface area contributed by atoms with E-state index in [2.05, 4.69) is 4.98 Å². The van der Waals surface area contributed by atoms with Crippen molar-refractivity contribution in [3.63, 3.8) is 0 Å². The van der Waals surface area contributed by atoms with E-state index < -0.39 is 0 Å². The van der Waals surface area contributed by atoms with E-state index in [0.717, 1.165) is 45.2 Å². The zero-order chi connectivity index (χ0) is 20.3. The number of hydrogen-bond acceptors (Lipinski definition) is 4.